The predicted octanol–water partition coefficient (Wildman–Crippen LogP) is 1.25. The Bertz CT molecular complexity index is 604. The van der Waals surface area contributed by atoms with E-state index < -0.39 is 10.8 Å². The number of non-ortho nitro benzene ring substituents is 1. The van der Waals surface area contributed by atoms with Gasteiger partial charge in [0.1, 0.15) is 11.6 Å². The number of aliphatic hydroxyl groups is 1. The quantitative estimate of drug-likeness (QED) is 0.338. The lowest BCUT2D eigenvalue weighted by Crippen LogP contribution is -2.23. The molecule has 0 heterocycles. The number of nitrogens with zero attached hydrogens (tertiary/aromatic N) is 3. The van der Waals surface area contributed by atoms with Crippen molar-refractivity contribution in [3.63, 3.8) is 0 Å². The zero-order valence-corrected chi connectivity index (χ0v) is 12.0. The standard InChI is InChI=1S/C14H16N4O4/c1-2-17(7-8-19)10-11(9-15)14(20)16-12-3-5-13(6-4-12)18(21)22/h3-6,10,19H,2,7-8H2,1H3,(H,16,20)/b11-10-. The van der Waals surface area contributed by atoms with Crippen LogP contribution in [0.4, 0.5) is 11.4 Å². The molecule has 0 saturated carbocycles. The van der Waals surface area contributed by atoms with Crippen molar-refractivity contribution in [3.8, 4) is 6.07 Å². The number of nitro benzene ring substituents is 1. The number of amides is 1. The van der Waals surface area contributed by atoms with E-state index in [-0.39, 0.29) is 17.9 Å². The summed E-state index contributed by atoms with van der Waals surface area (Å²) in [6, 6.07) is 7.08. The minimum absolute atomic E-state index is 0.0887. The molecule has 0 unspecified atom stereocenters. The van der Waals surface area contributed by atoms with Gasteiger partial charge >= 0.3 is 0 Å². The van der Waals surface area contributed by atoms with Gasteiger partial charge in [0.05, 0.1) is 11.5 Å². The second-order valence-electron chi connectivity index (χ2n) is 4.26. The van der Waals surface area contributed by atoms with Gasteiger partial charge in [0.2, 0.25) is 0 Å². The SMILES string of the molecule is CCN(/C=C(/C#N)C(=O)Nc1ccc([N+](=O)[O-])cc1)CCO. The maximum absolute atomic E-state index is 12.0. The summed E-state index contributed by atoms with van der Waals surface area (Å²) in [7, 11) is 0. The van der Waals surface area contributed by atoms with Gasteiger partial charge in [0.25, 0.3) is 11.6 Å². The van der Waals surface area contributed by atoms with E-state index in [2.05, 4.69) is 5.32 Å². The maximum atomic E-state index is 12.0. The van der Waals surface area contributed by atoms with Crippen molar-refractivity contribution in [3.05, 3.63) is 46.2 Å². The number of carbonyl (C=O) groups excluding carboxylic acids is 1. The van der Waals surface area contributed by atoms with Gasteiger partial charge < -0.3 is 15.3 Å². The molecule has 0 aliphatic carbocycles. The van der Waals surface area contributed by atoms with Gasteiger partial charge in [0.15, 0.2) is 0 Å². The topological polar surface area (TPSA) is 120 Å². The van der Waals surface area contributed by atoms with E-state index in [4.69, 9.17) is 10.4 Å². The van der Waals surface area contributed by atoms with Crippen LogP contribution < -0.4 is 5.32 Å². The fourth-order valence-electron chi connectivity index (χ4n) is 1.63. The van der Waals surface area contributed by atoms with Crippen LogP contribution in [0.3, 0.4) is 0 Å². The zero-order chi connectivity index (χ0) is 16.5. The molecule has 1 rings (SSSR count). The third kappa shape index (κ3) is 4.88. The van der Waals surface area contributed by atoms with E-state index in [0.717, 1.165) is 0 Å². The molecule has 22 heavy (non-hydrogen) atoms. The van der Waals surface area contributed by atoms with Crippen LogP contribution in [-0.4, -0.2) is 40.5 Å². The number of carbonyl (C=O) groups is 1. The minimum atomic E-state index is -0.618. The summed E-state index contributed by atoms with van der Waals surface area (Å²) in [5, 5.41) is 31.0. The molecule has 8 heteroatoms. The molecule has 0 radical (unpaired) electrons. The first-order valence-electron chi connectivity index (χ1n) is 6.54. The molecule has 1 aromatic rings. The molecule has 2 N–H and O–H groups in total. The summed E-state index contributed by atoms with van der Waals surface area (Å²) in [4.78, 5) is 23.6. The Hall–Kier alpha value is -2.92. The molecule has 1 aromatic carbocycles. The van der Waals surface area contributed by atoms with Crippen LogP contribution >= 0.6 is 0 Å². The van der Waals surface area contributed by atoms with Crippen LogP contribution in [0, 0.1) is 21.4 Å². The Labute approximate surface area is 127 Å². The lowest BCUT2D eigenvalue weighted by Gasteiger charge is -2.17. The number of likely N-dealkylation sites (N-methyl/N-ethyl adjacent to an activating group) is 1. The van der Waals surface area contributed by atoms with Crippen LogP contribution in [0.15, 0.2) is 36.0 Å². The van der Waals surface area contributed by atoms with E-state index in [0.29, 0.717) is 18.8 Å². The first kappa shape index (κ1) is 17.1. The molecule has 8 nitrogen and oxygen atoms in total. The fraction of sp³-hybridized carbons (Fsp3) is 0.286. The molecular weight excluding hydrogens is 288 g/mol. The van der Waals surface area contributed by atoms with Gasteiger partial charge in [-0.2, -0.15) is 5.26 Å². The van der Waals surface area contributed by atoms with Crippen molar-refractivity contribution < 1.29 is 14.8 Å². The normalized spacial score (nSPS) is 10.7. The van der Waals surface area contributed by atoms with E-state index in [9.17, 15) is 14.9 Å². The van der Waals surface area contributed by atoms with Gasteiger partial charge in [-0.1, -0.05) is 0 Å². The highest BCUT2D eigenvalue weighted by Crippen LogP contribution is 2.16. The van der Waals surface area contributed by atoms with Crippen molar-refractivity contribution in [2.24, 2.45) is 0 Å². The molecule has 0 spiro atoms. The lowest BCUT2D eigenvalue weighted by atomic mass is 10.2. The van der Waals surface area contributed by atoms with Crippen LogP contribution in [0.5, 0.6) is 0 Å². The lowest BCUT2D eigenvalue weighted by molar-refractivity contribution is -0.384. The van der Waals surface area contributed by atoms with Crippen molar-refractivity contribution >= 4 is 17.3 Å². The third-order valence-electron chi connectivity index (χ3n) is 2.81. The Morgan fingerprint density at radius 1 is 1.50 bits per heavy atom. The highest BCUT2D eigenvalue weighted by molar-refractivity contribution is 6.06. The molecule has 0 atom stereocenters. The zero-order valence-electron chi connectivity index (χ0n) is 12.0. The van der Waals surface area contributed by atoms with Crippen LogP contribution in [0.2, 0.25) is 0 Å². The van der Waals surface area contributed by atoms with Crippen molar-refractivity contribution in [1.29, 1.82) is 5.26 Å². The average Bonchev–Trinajstić information content (AvgIpc) is 2.51. The number of nitro groups is 1. The second kappa shape index (κ2) is 8.39. The second-order valence-corrected chi connectivity index (χ2v) is 4.26. The van der Waals surface area contributed by atoms with Crippen LogP contribution in [0.1, 0.15) is 6.92 Å². The van der Waals surface area contributed by atoms with E-state index in [1.165, 1.54) is 30.5 Å². The van der Waals surface area contributed by atoms with Crippen molar-refractivity contribution in [2.45, 2.75) is 6.92 Å². The predicted molar refractivity (Wildman–Crippen MR) is 79.8 cm³/mol. The molecule has 0 fully saturated rings. The molecule has 0 aliphatic heterocycles. The number of nitrogens with one attached hydrogen (secondary N) is 1. The van der Waals surface area contributed by atoms with Crippen LogP contribution in [0.25, 0.3) is 0 Å². The molecule has 0 bridgehead atoms. The Balaban J connectivity index is 2.83. The first-order chi connectivity index (χ1) is 10.5. The number of nitriles is 1. The highest BCUT2D eigenvalue weighted by atomic mass is 16.6. The highest BCUT2D eigenvalue weighted by Gasteiger charge is 2.12. The van der Waals surface area contributed by atoms with Gasteiger partial charge in [-0.05, 0) is 19.1 Å². The molecule has 0 aliphatic rings. The first-order valence-corrected chi connectivity index (χ1v) is 6.54. The fourth-order valence-corrected chi connectivity index (χ4v) is 1.63. The van der Waals surface area contributed by atoms with Gasteiger partial charge in [-0.3, -0.25) is 14.9 Å². The number of aliphatic hydroxyl groups excluding tert-OH is 1. The van der Waals surface area contributed by atoms with Crippen molar-refractivity contribution in [2.75, 3.05) is 25.0 Å². The molecule has 1 amide bonds. The largest absolute Gasteiger partial charge is 0.395 e. The Morgan fingerprint density at radius 3 is 2.59 bits per heavy atom. The molecule has 0 saturated heterocycles. The third-order valence-corrected chi connectivity index (χ3v) is 2.81. The van der Waals surface area contributed by atoms with Gasteiger partial charge in [-0.15, -0.1) is 0 Å². The summed E-state index contributed by atoms with van der Waals surface area (Å²) in [5.41, 5.74) is 0.143. The van der Waals surface area contributed by atoms with E-state index in [1.54, 1.807) is 11.0 Å². The monoisotopic (exact) mass is 304 g/mol. The van der Waals surface area contributed by atoms with E-state index >= 15 is 0 Å². The van der Waals surface area contributed by atoms with Gasteiger partial charge in [-0.25, -0.2) is 0 Å². The van der Waals surface area contributed by atoms with Crippen LogP contribution in [-0.2, 0) is 4.79 Å². The van der Waals surface area contributed by atoms with Crippen molar-refractivity contribution in [1.82, 2.24) is 4.90 Å². The number of anilines is 1. The summed E-state index contributed by atoms with van der Waals surface area (Å²) in [6.45, 7) is 2.59. The summed E-state index contributed by atoms with van der Waals surface area (Å²) in [5.74, 6) is -0.618. The van der Waals surface area contributed by atoms with Gasteiger partial charge in [0, 0.05) is 37.1 Å². The number of rotatable bonds is 7. The molecular formula is C14H16N4O4. The number of hydrogen-bond acceptors (Lipinski definition) is 6. The smallest absolute Gasteiger partial charge is 0.269 e. The Kier molecular flexibility index (Phi) is 6.53. The molecule has 116 valence electrons. The summed E-state index contributed by atoms with van der Waals surface area (Å²) < 4.78 is 0. The minimum Gasteiger partial charge on any atom is -0.395 e. The summed E-state index contributed by atoms with van der Waals surface area (Å²) >= 11 is 0. The molecule has 0 aromatic heterocycles. The average molecular weight is 304 g/mol. The Morgan fingerprint density at radius 2 is 2.14 bits per heavy atom. The van der Waals surface area contributed by atoms with E-state index in [1.807, 2.05) is 6.92 Å². The number of benzene rings is 1. The number of hydrogen-bond donors (Lipinski definition) is 2. The maximum Gasteiger partial charge on any atom is 0.269 e. The summed E-state index contributed by atoms with van der Waals surface area (Å²) in [6.07, 6.45) is 1.37.